The van der Waals surface area contributed by atoms with Gasteiger partial charge in [0.25, 0.3) is 0 Å². The van der Waals surface area contributed by atoms with Crippen molar-refractivity contribution in [2.75, 3.05) is 26.2 Å². The summed E-state index contributed by atoms with van der Waals surface area (Å²) in [5, 5.41) is 12.0. The molecule has 0 radical (unpaired) electrons. The van der Waals surface area contributed by atoms with Crippen LogP contribution in [0, 0.1) is 11.8 Å². The molecule has 0 aromatic carbocycles. The molecule has 108 valence electrons. The summed E-state index contributed by atoms with van der Waals surface area (Å²) in [6.45, 7) is 3.42. The average molecular weight is 268 g/mol. The van der Waals surface area contributed by atoms with Gasteiger partial charge < -0.3 is 15.3 Å². The van der Waals surface area contributed by atoms with Gasteiger partial charge in [-0.1, -0.05) is 0 Å². The number of likely N-dealkylation sites (tertiary alicyclic amines) is 1. The molecule has 0 spiro atoms. The fourth-order valence-electron chi connectivity index (χ4n) is 3.15. The molecule has 2 fully saturated rings. The number of carbonyl (C=O) groups is 2. The Morgan fingerprint density at radius 2 is 2.11 bits per heavy atom. The van der Waals surface area contributed by atoms with Crippen molar-refractivity contribution < 1.29 is 14.7 Å². The predicted molar refractivity (Wildman–Crippen MR) is 71.8 cm³/mol. The van der Waals surface area contributed by atoms with E-state index in [1.807, 2.05) is 4.90 Å². The molecule has 2 N–H and O–H groups in total. The minimum absolute atomic E-state index is 0.131. The van der Waals surface area contributed by atoms with Gasteiger partial charge in [0.1, 0.15) is 0 Å². The van der Waals surface area contributed by atoms with E-state index in [0.29, 0.717) is 12.3 Å². The van der Waals surface area contributed by atoms with Gasteiger partial charge in [-0.05, 0) is 44.6 Å². The van der Waals surface area contributed by atoms with Crippen LogP contribution in [0.25, 0.3) is 0 Å². The highest BCUT2D eigenvalue weighted by atomic mass is 16.4. The molecule has 2 heterocycles. The number of hydrogen-bond acceptors (Lipinski definition) is 3. The van der Waals surface area contributed by atoms with Crippen molar-refractivity contribution in [3.05, 3.63) is 0 Å². The third-order valence-electron chi connectivity index (χ3n) is 4.24. The molecule has 2 rings (SSSR count). The van der Waals surface area contributed by atoms with Crippen LogP contribution in [0.3, 0.4) is 0 Å². The third-order valence-corrected chi connectivity index (χ3v) is 4.24. The fraction of sp³-hybridized carbons (Fsp3) is 0.857. The minimum atomic E-state index is -0.736. The van der Waals surface area contributed by atoms with Crippen LogP contribution >= 0.6 is 0 Å². The predicted octanol–water partition coefficient (Wildman–Crippen LogP) is 1.09. The van der Waals surface area contributed by atoms with E-state index >= 15 is 0 Å². The normalized spacial score (nSPS) is 28.1. The lowest BCUT2D eigenvalue weighted by Gasteiger charge is -2.36. The number of nitrogens with one attached hydrogen (secondary N) is 1. The van der Waals surface area contributed by atoms with Crippen LogP contribution in [0.2, 0.25) is 0 Å². The maximum absolute atomic E-state index is 12.4. The first kappa shape index (κ1) is 14.3. The molecule has 0 aliphatic carbocycles. The monoisotopic (exact) mass is 268 g/mol. The molecule has 2 atom stereocenters. The van der Waals surface area contributed by atoms with Crippen molar-refractivity contribution >= 4 is 11.9 Å². The smallest absolute Gasteiger partial charge is 0.303 e. The summed E-state index contributed by atoms with van der Waals surface area (Å²) < 4.78 is 0. The number of carbonyl (C=O) groups excluding carboxylic acids is 1. The highest BCUT2D eigenvalue weighted by Crippen LogP contribution is 2.23. The highest BCUT2D eigenvalue weighted by molar-refractivity contribution is 5.79. The van der Waals surface area contributed by atoms with Crippen LogP contribution in [-0.4, -0.2) is 48.1 Å². The molecule has 2 saturated heterocycles. The second-order valence-electron chi connectivity index (χ2n) is 5.77. The second kappa shape index (κ2) is 6.89. The van der Waals surface area contributed by atoms with Crippen LogP contribution < -0.4 is 5.32 Å². The molecule has 2 aliphatic heterocycles. The van der Waals surface area contributed by atoms with Gasteiger partial charge in [0, 0.05) is 26.1 Å². The Morgan fingerprint density at radius 1 is 1.26 bits per heavy atom. The topological polar surface area (TPSA) is 69.6 Å². The van der Waals surface area contributed by atoms with Crippen LogP contribution in [0.5, 0.6) is 0 Å². The maximum atomic E-state index is 12.4. The van der Waals surface area contributed by atoms with Crippen molar-refractivity contribution in [3.63, 3.8) is 0 Å². The van der Waals surface area contributed by atoms with E-state index in [4.69, 9.17) is 5.11 Å². The average Bonchev–Trinajstić information content (AvgIpc) is 2.45. The summed E-state index contributed by atoms with van der Waals surface area (Å²) in [4.78, 5) is 25.0. The summed E-state index contributed by atoms with van der Waals surface area (Å²) in [6.07, 6.45) is 5.05. The molecule has 0 saturated carbocycles. The van der Waals surface area contributed by atoms with E-state index < -0.39 is 5.97 Å². The molecule has 0 bridgehead atoms. The lowest BCUT2D eigenvalue weighted by Crippen LogP contribution is -2.47. The molecule has 1 amide bonds. The zero-order valence-corrected chi connectivity index (χ0v) is 11.4. The Labute approximate surface area is 114 Å². The first-order valence-electron chi connectivity index (χ1n) is 7.38. The largest absolute Gasteiger partial charge is 0.481 e. The van der Waals surface area contributed by atoms with E-state index in [1.165, 1.54) is 0 Å². The number of amides is 1. The van der Waals surface area contributed by atoms with Crippen molar-refractivity contribution in [2.24, 2.45) is 11.8 Å². The van der Waals surface area contributed by atoms with Gasteiger partial charge in [-0.25, -0.2) is 0 Å². The molecule has 0 aromatic heterocycles. The Morgan fingerprint density at radius 3 is 2.79 bits per heavy atom. The molecular weight excluding hydrogens is 244 g/mol. The second-order valence-corrected chi connectivity index (χ2v) is 5.77. The summed E-state index contributed by atoms with van der Waals surface area (Å²) >= 11 is 0. The number of aliphatic carboxylic acids is 1. The Bertz CT molecular complexity index is 327. The van der Waals surface area contributed by atoms with Gasteiger partial charge in [0.05, 0.1) is 5.92 Å². The van der Waals surface area contributed by atoms with Gasteiger partial charge in [0.15, 0.2) is 0 Å². The molecule has 5 nitrogen and oxygen atoms in total. The number of piperidine rings is 2. The first-order valence-corrected chi connectivity index (χ1v) is 7.38. The Kier molecular flexibility index (Phi) is 5.19. The minimum Gasteiger partial charge on any atom is -0.481 e. The summed E-state index contributed by atoms with van der Waals surface area (Å²) in [6, 6.07) is 0. The summed E-state index contributed by atoms with van der Waals surface area (Å²) in [5.41, 5.74) is 0. The molecule has 19 heavy (non-hydrogen) atoms. The van der Waals surface area contributed by atoms with E-state index in [9.17, 15) is 9.59 Å². The Balaban J connectivity index is 1.82. The van der Waals surface area contributed by atoms with Crippen molar-refractivity contribution in [3.8, 4) is 0 Å². The van der Waals surface area contributed by atoms with Crippen molar-refractivity contribution in [2.45, 2.75) is 38.5 Å². The quantitative estimate of drug-likeness (QED) is 0.801. The van der Waals surface area contributed by atoms with Gasteiger partial charge >= 0.3 is 5.97 Å². The van der Waals surface area contributed by atoms with E-state index in [1.54, 1.807) is 0 Å². The SMILES string of the molecule is O=C(O)CCC1CCCN(C(=O)C2CCCNC2)C1. The van der Waals surface area contributed by atoms with Gasteiger partial charge in [-0.2, -0.15) is 0 Å². The zero-order valence-electron chi connectivity index (χ0n) is 11.4. The number of carboxylic acids is 1. The van der Waals surface area contributed by atoms with E-state index in [2.05, 4.69) is 5.32 Å². The molecule has 2 unspecified atom stereocenters. The number of hydrogen-bond donors (Lipinski definition) is 2. The van der Waals surface area contributed by atoms with Crippen LogP contribution in [-0.2, 0) is 9.59 Å². The summed E-state index contributed by atoms with van der Waals surface area (Å²) in [5.74, 6) is 0.0319. The number of nitrogens with zero attached hydrogens (tertiary/aromatic N) is 1. The molecule has 2 aliphatic rings. The molecule has 0 aromatic rings. The number of carboxylic acid groups (broad SMARTS) is 1. The van der Waals surface area contributed by atoms with Crippen LogP contribution in [0.15, 0.2) is 0 Å². The van der Waals surface area contributed by atoms with Crippen LogP contribution in [0.4, 0.5) is 0 Å². The van der Waals surface area contributed by atoms with Gasteiger partial charge in [-0.15, -0.1) is 0 Å². The standard InChI is InChI=1S/C14H24N2O3/c17-13(18)6-5-11-3-2-8-16(10-11)14(19)12-4-1-7-15-9-12/h11-12,15H,1-10H2,(H,17,18). The molecule has 5 heteroatoms. The van der Waals surface area contributed by atoms with Crippen molar-refractivity contribution in [1.82, 2.24) is 10.2 Å². The summed E-state index contributed by atoms with van der Waals surface area (Å²) in [7, 11) is 0. The maximum Gasteiger partial charge on any atom is 0.303 e. The van der Waals surface area contributed by atoms with Crippen LogP contribution in [0.1, 0.15) is 38.5 Å². The fourth-order valence-corrected chi connectivity index (χ4v) is 3.15. The third kappa shape index (κ3) is 4.20. The highest BCUT2D eigenvalue weighted by Gasteiger charge is 2.29. The Hall–Kier alpha value is -1.10. The zero-order chi connectivity index (χ0) is 13.7. The van der Waals surface area contributed by atoms with E-state index in [0.717, 1.165) is 51.9 Å². The number of rotatable bonds is 4. The van der Waals surface area contributed by atoms with Gasteiger partial charge in [-0.3, -0.25) is 9.59 Å². The molecular formula is C14H24N2O3. The van der Waals surface area contributed by atoms with Crippen molar-refractivity contribution in [1.29, 1.82) is 0 Å². The lowest BCUT2D eigenvalue weighted by molar-refractivity contribution is -0.138. The lowest BCUT2D eigenvalue weighted by atomic mass is 9.91. The first-order chi connectivity index (χ1) is 9.16. The van der Waals surface area contributed by atoms with E-state index in [-0.39, 0.29) is 18.2 Å². The van der Waals surface area contributed by atoms with Gasteiger partial charge in [0.2, 0.25) is 5.91 Å².